The minimum Gasteiger partial charge on any atom is -0.469 e. The molecule has 0 aliphatic heterocycles. The first-order valence-corrected chi connectivity index (χ1v) is 7.51. The van der Waals surface area contributed by atoms with E-state index in [9.17, 15) is 4.79 Å². The fourth-order valence-electron chi connectivity index (χ4n) is 1.69. The number of hydrogen-bond donors (Lipinski definition) is 0. The number of carbonyl (C=O) groups is 1. The van der Waals surface area contributed by atoms with Gasteiger partial charge in [0.25, 0.3) is 0 Å². The van der Waals surface area contributed by atoms with Crippen LogP contribution in [-0.4, -0.2) is 18.3 Å². The van der Waals surface area contributed by atoms with Gasteiger partial charge in [0.05, 0.1) is 7.11 Å². The third kappa shape index (κ3) is 6.69. The van der Waals surface area contributed by atoms with Gasteiger partial charge in [-0.15, -0.1) is 18.3 Å². The first-order valence-electron chi connectivity index (χ1n) is 6.25. The lowest BCUT2D eigenvalue weighted by Crippen LogP contribution is -2.05. The van der Waals surface area contributed by atoms with Crippen molar-refractivity contribution in [3.05, 3.63) is 41.9 Å². The van der Waals surface area contributed by atoms with Gasteiger partial charge in [-0.1, -0.05) is 17.7 Å². The molecule has 0 aromatic heterocycles. The molecule has 1 aromatic rings. The molecule has 0 fully saturated rings. The van der Waals surface area contributed by atoms with Gasteiger partial charge < -0.3 is 4.74 Å². The Kier molecular flexibility index (Phi) is 7.68. The van der Waals surface area contributed by atoms with Crippen LogP contribution in [0.5, 0.6) is 0 Å². The number of ether oxygens (including phenoxy) is 1. The zero-order valence-corrected chi connectivity index (χ0v) is 12.7. The number of carbonyl (C=O) groups excluding carboxylic acids is 1. The molecule has 1 unspecified atom stereocenters. The molecule has 0 aliphatic rings. The molecular formula is C15H19ClO2S. The van der Waals surface area contributed by atoms with Gasteiger partial charge in [0.2, 0.25) is 0 Å². The summed E-state index contributed by atoms with van der Waals surface area (Å²) in [5, 5.41) is 1.18. The van der Waals surface area contributed by atoms with E-state index in [2.05, 4.69) is 11.3 Å². The Morgan fingerprint density at radius 1 is 1.47 bits per heavy atom. The number of hydrogen-bond acceptors (Lipinski definition) is 3. The highest BCUT2D eigenvalue weighted by Gasteiger charge is 2.10. The van der Waals surface area contributed by atoms with Crippen LogP contribution in [0.4, 0.5) is 0 Å². The number of rotatable bonds is 8. The van der Waals surface area contributed by atoms with E-state index >= 15 is 0 Å². The van der Waals surface area contributed by atoms with Crippen LogP contribution in [0.25, 0.3) is 0 Å². The minimum absolute atomic E-state index is 0.145. The molecule has 0 heterocycles. The quantitative estimate of drug-likeness (QED) is 0.394. The molecule has 0 amide bonds. The number of methoxy groups -OCH3 is 1. The maximum Gasteiger partial charge on any atom is 0.305 e. The Morgan fingerprint density at radius 3 is 2.74 bits per heavy atom. The van der Waals surface area contributed by atoms with Gasteiger partial charge in [-0.3, -0.25) is 4.79 Å². The largest absolute Gasteiger partial charge is 0.469 e. The molecule has 0 N–H and O–H groups in total. The first kappa shape index (κ1) is 16.1. The van der Waals surface area contributed by atoms with Gasteiger partial charge in [0, 0.05) is 21.6 Å². The summed E-state index contributed by atoms with van der Waals surface area (Å²) in [6.45, 7) is 3.79. The fourth-order valence-corrected chi connectivity index (χ4v) is 3.01. The standard InChI is InChI=1S/C15H19ClO2S/c1-3-5-13(6-4-7-15(17)18-2)19-14-10-8-12(16)9-11-14/h3,8-11,13H,1,4-7H2,2H3. The zero-order chi connectivity index (χ0) is 14.1. The van der Waals surface area contributed by atoms with Crippen molar-refractivity contribution in [1.82, 2.24) is 0 Å². The summed E-state index contributed by atoms with van der Waals surface area (Å²) in [5.41, 5.74) is 0. The Hall–Kier alpha value is -0.930. The maximum absolute atomic E-state index is 11.1. The van der Waals surface area contributed by atoms with Crippen molar-refractivity contribution in [2.24, 2.45) is 0 Å². The molecule has 0 spiro atoms. The average molecular weight is 299 g/mol. The van der Waals surface area contributed by atoms with E-state index in [0.717, 1.165) is 24.3 Å². The van der Waals surface area contributed by atoms with Gasteiger partial charge in [-0.05, 0) is 43.5 Å². The monoisotopic (exact) mass is 298 g/mol. The minimum atomic E-state index is -0.145. The van der Waals surface area contributed by atoms with Crippen LogP contribution >= 0.6 is 23.4 Å². The first-order chi connectivity index (χ1) is 9.15. The predicted molar refractivity (Wildman–Crippen MR) is 81.8 cm³/mol. The van der Waals surface area contributed by atoms with E-state index in [1.807, 2.05) is 30.3 Å². The predicted octanol–water partition coefficient (Wildman–Crippen LogP) is 4.72. The van der Waals surface area contributed by atoms with Crippen molar-refractivity contribution in [3.63, 3.8) is 0 Å². The molecular weight excluding hydrogens is 280 g/mol. The highest BCUT2D eigenvalue weighted by atomic mass is 35.5. The molecule has 0 aliphatic carbocycles. The Morgan fingerprint density at radius 2 is 2.16 bits per heavy atom. The van der Waals surface area contributed by atoms with E-state index in [1.54, 1.807) is 11.8 Å². The van der Waals surface area contributed by atoms with Crippen molar-refractivity contribution >= 4 is 29.3 Å². The highest BCUT2D eigenvalue weighted by Crippen LogP contribution is 2.30. The molecule has 0 saturated carbocycles. The lowest BCUT2D eigenvalue weighted by Gasteiger charge is -2.14. The summed E-state index contributed by atoms with van der Waals surface area (Å²) >= 11 is 7.67. The van der Waals surface area contributed by atoms with Crippen molar-refractivity contribution in [3.8, 4) is 0 Å². The topological polar surface area (TPSA) is 26.3 Å². The Bertz CT molecular complexity index is 403. The van der Waals surface area contributed by atoms with Gasteiger partial charge >= 0.3 is 5.97 Å². The number of halogens is 1. The molecule has 104 valence electrons. The second kappa shape index (κ2) is 9.05. The molecule has 0 bridgehead atoms. The molecule has 2 nitrogen and oxygen atoms in total. The summed E-state index contributed by atoms with van der Waals surface area (Å²) in [4.78, 5) is 12.3. The zero-order valence-electron chi connectivity index (χ0n) is 11.1. The summed E-state index contributed by atoms with van der Waals surface area (Å²) in [6, 6.07) is 7.82. The van der Waals surface area contributed by atoms with Crippen molar-refractivity contribution < 1.29 is 9.53 Å². The normalized spacial score (nSPS) is 11.9. The number of allylic oxidation sites excluding steroid dienone is 1. The SMILES string of the molecule is C=CCC(CCCC(=O)OC)Sc1ccc(Cl)cc1. The number of benzene rings is 1. The van der Waals surface area contributed by atoms with Crippen LogP contribution in [0.2, 0.25) is 5.02 Å². The molecule has 1 aromatic carbocycles. The average Bonchev–Trinajstić information content (AvgIpc) is 2.41. The highest BCUT2D eigenvalue weighted by molar-refractivity contribution is 8.00. The summed E-state index contributed by atoms with van der Waals surface area (Å²) < 4.78 is 4.64. The van der Waals surface area contributed by atoms with Crippen LogP contribution in [-0.2, 0) is 9.53 Å². The third-order valence-electron chi connectivity index (χ3n) is 2.68. The summed E-state index contributed by atoms with van der Waals surface area (Å²) in [6.07, 6.45) is 5.13. The Labute approximate surface area is 124 Å². The third-order valence-corrected chi connectivity index (χ3v) is 4.24. The molecule has 0 radical (unpaired) electrons. The van der Waals surface area contributed by atoms with Crippen molar-refractivity contribution in [2.45, 2.75) is 35.8 Å². The van der Waals surface area contributed by atoms with E-state index in [1.165, 1.54) is 12.0 Å². The number of esters is 1. The van der Waals surface area contributed by atoms with Gasteiger partial charge in [-0.2, -0.15) is 0 Å². The van der Waals surface area contributed by atoms with E-state index in [0.29, 0.717) is 11.7 Å². The smallest absolute Gasteiger partial charge is 0.305 e. The Balaban J connectivity index is 2.45. The molecule has 19 heavy (non-hydrogen) atoms. The van der Waals surface area contributed by atoms with Crippen LogP contribution < -0.4 is 0 Å². The second-order valence-corrected chi connectivity index (χ2v) is 6.00. The van der Waals surface area contributed by atoms with Crippen LogP contribution in [0.15, 0.2) is 41.8 Å². The van der Waals surface area contributed by atoms with Crippen LogP contribution in [0, 0.1) is 0 Å². The van der Waals surface area contributed by atoms with Gasteiger partial charge in [0.1, 0.15) is 0 Å². The lowest BCUT2D eigenvalue weighted by molar-refractivity contribution is -0.140. The number of thioether (sulfide) groups is 1. The van der Waals surface area contributed by atoms with E-state index < -0.39 is 0 Å². The molecule has 0 saturated heterocycles. The van der Waals surface area contributed by atoms with Crippen molar-refractivity contribution in [2.75, 3.05) is 7.11 Å². The summed E-state index contributed by atoms with van der Waals surface area (Å²) in [5.74, 6) is -0.145. The second-order valence-electron chi connectivity index (χ2n) is 4.19. The molecule has 4 heteroatoms. The molecule has 1 rings (SSSR count). The van der Waals surface area contributed by atoms with Gasteiger partial charge in [-0.25, -0.2) is 0 Å². The van der Waals surface area contributed by atoms with E-state index in [-0.39, 0.29) is 5.97 Å². The lowest BCUT2D eigenvalue weighted by atomic mass is 10.1. The fraction of sp³-hybridized carbons (Fsp3) is 0.400. The van der Waals surface area contributed by atoms with Gasteiger partial charge in [0.15, 0.2) is 0 Å². The van der Waals surface area contributed by atoms with E-state index in [4.69, 9.17) is 11.6 Å². The summed E-state index contributed by atoms with van der Waals surface area (Å²) in [7, 11) is 1.42. The molecule has 1 atom stereocenters. The van der Waals surface area contributed by atoms with Crippen LogP contribution in [0.1, 0.15) is 25.7 Å². The maximum atomic E-state index is 11.1. The van der Waals surface area contributed by atoms with Crippen molar-refractivity contribution in [1.29, 1.82) is 0 Å². The van der Waals surface area contributed by atoms with Crippen LogP contribution in [0.3, 0.4) is 0 Å².